The molecule has 1 amide bonds. The lowest BCUT2D eigenvalue weighted by atomic mass is 9.94. The molecule has 5 nitrogen and oxygen atoms in total. The summed E-state index contributed by atoms with van der Waals surface area (Å²) in [6, 6.07) is 4.63. The number of amides is 1. The van der Waals surface area contributed by atoms with Gasteiger partial charge in [0.15, 0.2) is 0 Å². The molecule has 0 bridgehead atoms. The molecule has 0 aliphatic carbocycles. The maximum absolute atomic E-state index is 12.4. The standard InChI is InChI=1S/C16H22N2O3/c1-3-10(2)14(17)15(19)18-7-6-11-4-5-12(16(20)21)8-13(11)9-18/h4-5,8,10,14H,3,6-7,9,17H2,1-2H3,(H,20,21)/t10-,14-/m0/s1. The Morgan fingerprint density at radius 2 is 2.10 bits per heavy atom. The molecule has 0 radical (unpaired) electrons. The van der Waals surface area contributed by atoms with Gasteiger partial charge in [-0.15, -0.1) is 0 Å². The SMILES string of the molecule is CC[C@H](C)[C@H](N)C(=O)N1CCc2ccc(C(=O)O)cc2C1. The van der Waals surface area contributed by atoms with E-state index in [1.54, 1.807) is 17.0 Å². The summed E-state index contributed by atoms with van der Waals surface area (Å²) in [5.74, 6) is -0.850. The van der Waals surface area contributed by atoms with Crippen LogP contribution >= 0.6 is 0 Å². The van der Waals surface area contributed by atoms with Crippen LogP contribution in [0.15, 0.2) is 18.2 Å². The van der Waals surface area contributed by atoms with Gasteiger partial charge in [0.1, 0.15) is 0 Å². The summed E-state index contributed by atoms with van der Waals surface area (Å²) < 4.78 is 0. The monoisotopic (exact) mass is 290 g/mol. The molecule has 1 aromatic carbocycles. The molecule has 0 spiro atoms. The topological polar surface area (TPSA) is 83.6 Å². The van der Waals surface area contributed by atoms with Gasteiger partial charge in [0, 0.05) is 13.1 Å². The van der Waals surface area contributed by atoms with E-state index in [1.165, 1.54) is 0 Å². The van der Waals surface area contributed by atoms with Crippen molar-refractivity contribution >= 4 is 11.9 Å². The number of hydrogen-bond donors (Lipinski definition) is 2. The zero-order valence-electron chi connectivity index (χ0n) is 12.5. The number of rotatable bonds is 4. The van der Waals surface area contributed by atoms with E-state index in [4.69, 9.17) is 10.8 Å². The van der Waals surface area contributed by atoms with E-state index < -0.39 is 12.0 Å². The molecule has 1 heterocycles. The van der Waals surface area contributed by atoms with Crippen LogP contribution in [0.5, 0.6) is 0 Å². The lowest BCUT2D eigenvalue weighted by molar-refractivity contribution is -0.134. The van der Waals surface area contributed by atoms with Gasteiger partial charge in [-0.05, 0) is 35.6 Å². The number of carboxylic acid groups (broad SMARTS) is 1. The van der Waals surface area contributed by atoms with E-state index in [9.17, 15) is 9.59 Å². The Kier molecular flexibility index (Phi) is 4.63. The molecule has 1 aromatic rings. The van der Waals surface area contributed by atoms with Gasteiger partial charge in [0.25, 0.3) is 0 Å². The van der Waals surface area contributed by atoms with E-state index in [0.717, 1.165) is 24.0 Å². The van der Waals surface area contributed by atoms with Gasteiger partial charge in [0.05, 0.1) is 11.6 Å². The fourth-order valence-electron chi connectivity index (χ4n) is 2.59. The molecule has 5 heteroatoms. The average molecular weight is 290 g/mol. The second-order valence-corrected chi connectivity index (χ2v) is 5.71. The third-order valence-corrected chi connectivity index (χ3v) is 4.32. The van der Waals surface area contributed by atoms with Crippen LogP contribution in [0, 0.1) is 5.92 Å². The molecule has 0 unspecified atom stereocenters. The minimum Gasteiger partial charge on any atom is -0.478 e. The second kappa shape index (κ2) is 6.26. The predicted molar refractivity (Wildman–Crippen MR) is 80.0 cm³/mol. The molecule has 0 saturated carbocycles. The van der Waals surface area contributed by atoms with E-state index in [-0.39, 0.29) is 17.4 Å². The molecule has 1 aliphatic rings. The third-order valence-electron chi connectivity index (χ3n) is 4.32. The molecule has 2 atom stereocenters. The summed E-state index contributed by atoms with van der Waals surface area (Å²) in [5, 5.41) is 9.05. The fourth-order valence-corrected chi connectivity index (χ4v) is 2.59. The number of nitrogens with zero attached hydrogens (tertiary/aromatic N) is 1. The van der Waals surface area contributed by atoms with Crippen LogP contribution in [0.2, 0.25) is 0 Å². The number of benzene rings is 1. The van der Waals surface area contributed by atoms with E-state index in [1.807, 2.05) is 19.9 Å². The number of aromatic carboxylic acids is 1. The van der Waals surface area contributed by atoms with Crippen LogP contribution in [0.25, 0.3) is 0 Å². The van der Waals surface area contributed by atoms with Crippen molar-refractivity contribution in [3.05, 3.63) is 34.9 Å². The Morgan fingerprint density at radius 3 is 2.71 bits per heavy atom. The summed E-state index contributed by atoms with van der Waals surface area (Å²) in [5.41, 5.74) is 8.29. The largest absolute Gasteiger partial charge is 0.478 e. The van der Waals surface area contributed by atoms with Crippen molar-refractivity contribution in [2.45, 2.75) is 39.3 Å². The van der Waals surface area contributed by atoms with Crippen molar-refractivity contribution in [2.24, 2.45) is 11.7 Å². The van der Waals surface area contributed by atoms with Crippen molar-refractivity contribution in [3.63, 3.8) is 0 Å². The summed E-state index contributed by atoms with van der Waals surface area (Å²) in [4.78, 5) is 25.2. The van der Waals surface area contributed by atoms with Gasteiger partial charge >= 0.3 is 5.97 Å². The maximum atomic E-state index is 12.4. The minimum atomic E-state index is -0.947. The number of carbonyl (C=O) groups is 2. The third kappa shape index (κ3) is 3.24. The van der Waals surface area contributed by atoms with Crippen LogP contribution in [-0.2, 0) is 17.8 Å². The quantitative estimate of drug-likeness (QED) is 0.883. The molecule has 0 saturated heterocycles. The number of hydrogen-bond acceptors (Lipinski definition) is 3. The van der Waals surface area contributed by atoms with Gasteiger partial charge in [-0.3, -0.25) is 4.79 Å². The van der Waals surface area contributed by atoms with Crippen molar-refractivity contribution in [1.82, 2.24) is 4.90 Å². The van der Waals surface area contributed by atoms with Gasteiger partial charge in [0.2, 0.25) is 5.91 Å². The summed E-state index contributed by atoms with van der Waals surface area (Å²) in [6.45, 7) is 5.08. The molecule has 1 aliphatic heterocycles. The first-order valence-electron chi connectivity index (χ1n) is 7.33. The molecular formula is C16H22N2O3. The highest BCUT2D eigenvalue weighted by Gasteiger charge is 2.28. The molecule has 2 rings (SSSR count). The highest BCUT2D eigenvalue weighted by molar-refractivity contribution is 5.88. The minimum absolute atomic E-state index is 0.0456. The van der Waals surface area contributed by atoms with Crippen molar-refractivity contribution in [2.75, 3.05) is 6.54 Å². The van der Waals surface area contributed by atoms with E-state index >= 15 is 0 Å². The molecule has 0 fully saturated rings. The highest BCUT2D eigenvalue weighted by atomic mass is 16.4. The summed E-state index contributed by atoms with van der Waals surface area (Å²) in [7, 11) is 0. The first kappa shape index (κ1) is 15.5. The predicted octanol–water partition coefficient (Wildman–Crippen LogP) is 1.64. The van der Waals surface area contributed by atoms with Crippen LogP contribution < -0.4 is 5.73 Å². The van der Waals surface area contributed by atoms with Crippen molar-refractivity contribution in [1.29, 1.82) is 0 Å². The zero-order chi connectivity index (χ0) is 15.6. The van der Waals surface area contributed by atoms with Crippen LogP contribution in [0.4, 0.5) is 0 Å². The Bertz CT molecular complexity index is 556. The summed E-state index contributed by atoms with van der Waals surface area (Å²) in [6.07, 6.45) is 1.61. The molecule has 114 valence electrons. The second-order valence-electron chi connectivity index (χ2n) is 5.71. The maximum Gasteiger partial charge on any atom is 0.335 e. The van der Waals surface area contributed by atoms with Crippen LogP contribution in [-0.4, -0.2) is 34.5 Å². The van der Waals surface area contributed by atoms with Gasteiger partial charge < -0.3 is 15.7 Å². The van der Waals surface area contributed by atoms with Crippen LogP contribution in [0.1, 0.15) is 41.8 Å². The highest BCUT2D eigenvalue weighted by Crippen LogP contribution is 2.22. The van der Waals surface area contributed by atoms with Crippen LogP contribution in [0.3, 0.4) is 0 Å². The number of carboxylic acids is 1. The Hall–Kier alpha value is -1.88. The molecule has 21 heavy (non-hydrogen) atoms. The lowest BCUT2D eigenvalue weighted by Gasteiger charge is -2.32. The zero-order valence-corrected chi connectivity index (χ0v) is 12.5. The lowest BCUT2D eigenvalue weighted by Crippen LogP contribution is -2.48. The van der Waals surface area contributed by atoms with E-state index in [0.29, 0.717) is 13.1 Å². The Morgan fingerprint density at radius 1 is 1.38 bits per heavy atom. The Balaban J connectivity index is 2.16. The van der Waals surface area contributed by atoms with Gasteiger partial charge in [-0.2, -0.15) is 0 Å². The van der Waals surface area contributed by atoms with Crippen molar-refractivity contribution < 1.29 is 14.7 Å². The smallest absolute Gasteiger partial charge is 0.335 e. The Labute approximate surface area is 124 Å². The molecule has 3 N–H and O–H groups in total. The number of fused-ring (bicyclic) bond motifs is 1. The van der Waals surface area contributed by atoms with Crippen molar-refractivity contribution in [3.8, 4) is 0 Å². The number of carbonyl (C=O) groups excluding carboxylic acids is 1. The normalized spacial score (nSPS) is 17.0. The first-order valence-corrected chi connectivity index (χ1v) is 7.33. The summed E-state index contributed by atoms with van der Waals surface area (Å²) >= 11 is 0. The average Bonchev–Trinajstić information content (AvgIpc) is 2.51. The van der Waals surface area contributed by atoms with Gasteiger partial charge in [-0.25, -0.2) is 4.79 Å². The molecular weight excluding hydrogens is 268 g/mol. The fraction of sp³-hybridized carbons (Fsp3) is 0.500. The number of nitrogens with two attached hydrogens (primary N) is 1. The first-order chi connectivity index (χ1) is 9.93. The van der Waals surface area contributed by atoms with Gasteiger partial charge in [-0.1, -0.05) is 26.3 Å². The van der Waals surface area contributed by atoms with E-state index in [2.05, 4.69) is 0 Å². The molecule has 0 aromatic heterocycles.